The molecule has 0 N–H and O–H groups in total. The molecule has 164 valence electrons. The van der Waals surface area contributed by atoms with Gasteiger partial charge in [0, 0.05) is 44.0 Å². The van der Waals surface area contributed by atoms with Gasteiger partial charge in [0.05, 0.1) is 26.0 Å². The molecule has 1 fully saturated rings. The molecule has 0 unspecified atom stereocenters. The van der Waals surface area contributed by atoms with Crippen molar-refractivity contribution in [3.63, 3.8) is 0 Å². The van der Waals surface area contributed by atoms with Crippen molar-refractivity contribution in [3.8, 4) is 17.2 Å². The smallest absolute Gasteiger partial charge is 0.200 e. The molecule has 0 aromatic heterocycles. The normalized spacial score (nSPS) is 22.0. The number of methoxy groups -OCH3 is 2. The molecule has 6 nitrogen and oxygen atoms in total. The average Bonchev–Trinajstić information content (AvgIpc) is 3.26. The van der Waals surface area contributed by atoms with Gasteiger partial charge in [-0.25, -0.2) is 5.01 Å². The fraction of sp³-hybridized carbons (Fsp3) is 0.480. The van der Waals surface area contributed by atoms with Crippen molar-refractivity contribution in [1.82, 2.24) is 9.91 Å². The predicted molar refractivity (Wildman–Crippen MR) is 121 cm³/mol. The van der Waals surface area contributed by atoms with Gasteiger partial charge in [0.15, 0.2) is 11.5 Å². The highest BCUT2D eigenvalue weighted by Crippen LogP contribution is 2.52. The van der Waals surface area contributed by atoms with Crippen LogP contribution in [0.4, 0.5) is 0 Å². The Labute approximate surface area is 184 Å². The van der Waals surface area contributed by atoms with Crippen LogP contribution >= 0.6 is 0 Å². The van der Waals surface area contributed by atoms with E-state index < -0.39 is 5.72 Å². The van der Waals surface area contributed by atoms with Crippen molar-refractivity contribution in [1.29, 1.82) is 0 Å². The summed E-state index contributed by atoms with van der Waals surface area (Å²) in [5.74, 6) is 2.55. The van der Waals surface area contributed by atoms with E-state index in [1.165, 1.54) is 0 Å². The third-order valence-electron chi connectivity index (χ3n) is 6.94. The second-order valence-electron chi connectivity index (χ2n) is 8.90. The Bertz CT molecular complexity index is 978. The van der Waals surface area contributed by atoms with E-state index in [2.05, 4.69) is 42.0 Å². The van der Waals surface area contributed by atoms with Gasteiger partial charge in [-0.05, 0) is 49.7 Å². The van der Waals surface area contributed by atoms with Gasteiger partial charge in [-0.3, -0.25) is 0 Å². The molecule has 2 aromatic rings. The average molecular weight is 422 g/mol. The first kappa shape index (κ1) is 20.2. The summed E-state index contributed by atoms with van der Waals surface area (Å²) in [5, 5.41) is 7.42. The van der Waals surface area contributed by atoms with Crippen LogP contribution in [0.2, 0.25) is 0 Å². The summed E-state index contributed by atoms with van der Waals surface area (Å²) in [6.07, 6.45) is 2.68. The lowest BCUT2D eigenvalue weighted by molar-refractivity contribution is -0.153. The maximum atomic E-state index is 6.79. The summed E-state index contributed by atoms with van der Waals surface area (Å²) in [6, 6.07) is 15.1. The zero-order valence-corrected chi connectivity index (χ0v) is 18.8. The zero-order valence-electron chi connectivity index (χ0n) is 18.8. The number of rotatable bonds is 4. The quantitative estimate of drug-likeness (QED) is 0.730. The van der Waals surface area contributed by atoms with Crippen LogP contribution in [0.1, 0.15) is 50.3 Å². The van der Waals surface area contributed by atoms with E-state index in [-0.39, 0.29) is 6.04 Å². The van der Waals surface area contributed by atoms with Crippen molar-refractivity contribution in [2.45, 2.75) is 50.9 Å². The van der Waals surface area contributed by atoms with E-state index in [0.717, 1.165) is 66.4 Å². The topological polar surface area (TPSA) is 46.5 Å². The minimum atomic E-state index is -0.439. The Hall–Kier alpha value is -2.73. The van der Waals surface area contributed by atoms with Crippen molar-refractivity contribution in [3.05, 3.63) is 53.6 Å². The van der Waals surface area contributed by atoms with Gasteiger partial charge >= 0.3 is 0 Å². The Morgan fingerprint density at radius 3 is 2.42 bits per heavy atom. The summed E-state index contributed by atoms with van der Waals surface area (Å²) in [5.41, 5.74) is 2.95. The largest absolute Gasteiger partial charge is 0.497 e. The Morgan fingerprint density at radius 2 is 1.77 bits per heavy atom. The van der Waals surface area contributed by atoms with Crippen molar-refractivity contribution >= 4 is 5.71 Å². The summed E-state index contributed by atoms with van der Waals surface area (Å²) in [6.45, 7) is 6.52. The van der Waals surface area contributed by atoms with Crippen molar-refractivity contribution in [2.75, 3.05) is 27.3 Å². The number of nitrogens with zero attached hydrogens (tertiary/aromatic N) is 3. The number of hydrogen-bond donors (Lipinski definition) is 0. The molecule has 6 heteroatoms. The molecule has 1 saturated heterocycles. The van der Waals surface area contributed by atoms with Crippen LogP contribution in [0.15, 0.2) is 47.6 Å². The summed E-state index contributed by atoms with van der Waals surface area (Å²) in [7, 11) is 3.41. The molecule has 3 heterocycles. The van der Waals surface area contributed by atoms with E-state index >= 15 is 0 Å². The molecule has 0 saturated carbocycles. The van der Waals surface area contributed by atoms with E-state index in [0.29, 0.717) is 6.04 Å². The highest BCUT2D eigenvalue weighted by atomic mass is 16.5. The number of hydrazone groups is 1. The van der Waals surface area contributed by atoms with Gasteiger partial charge in [0.2, 0.25) is 5.72 Å². The Morgan fingerprint density at radius 1 is 1.03 bits per heavy atom. The summed E-state index contributed by atoms with van der Waals surface area (Å²) >= 11 is 0. The summed E-state index contributed by atoms with van der Waals surface area (Å²) in [4.78, 5) is 2.52. The van der Waals surface area contributed by atoms with Crippen LogP contribution in [-0.4, -0.2) is 54.7 Å². The molecule has 1 atom stereocenters. The van der Waals surface area contributed by atoms with Gasteiger partial charge in [0.25, 0.3) is 0 Å². The van der Waals surface area contributed by atoms with Crippen LogP contribution in [-0.2, 0) is 0 Å². The zero-order chi connectivity index (χ0) is 21.6. The molecule has 0 radical (unpaired) electrons. The fourth-order valence-corrected chi connectivity index (χ4v) is 5.11. The van der Waals surface area contributed by atoms with Gasteiger partial charge in [-0.1, -0.05) is 12.1 Å². The summed E-state index contributed by atoms with van der Waals surface area (Å²) < 4.78 is 17.8. The lowest BCUT2D eigenvalue weighted by Crippen LogP contribution is -2.59. The van der Waals surface area contributed by atoms with Crippen LogP contribution in [0, 0.1) is 0 Å². The molecular formula is C25H31N3O3. The highest BCUT2D eigenvalue weighted by Gasteiger charge is 2.52. The van der Waals surface area contributed by atoms with Gasteiger partial charge in [-0.15, -0.1) is 0 Å². The molecule has 0 amide bonds. The highest BCUT2D eigenvalue weighted by molar-refractivity contribution is 6.02. The number of likely N-dealkylation sites (tertiary alicyclic amines) is 1. The minimum absolute atomic E-state index is 0.154. The Kier molecular flexibility index (Phi) is 5.05. The van der Waals surface area contributed by atoms with Crippen LogP contribution in [0.5, 0.6) is 17.2 Å². The third kappa shape index (κ3) is 3.33. The molecule has 31 heavy (non-hydrogen) atoms. The van der Waals surface area contributed by atoms with Crippen LogP contribution in [0.25, 0.3) is 0 Å². The van der Waals surface area contributed by atoms with E-state index in [9.17, 15) is 0 Å². The Balaban J connectivity index is 1.54. The second kappa shape index (κ2) is 7.75. The first-order valence-electron chi connectivity index (χ1n) is 11.2. The van der Waals surface area contributed by atoms with Gasteiger partial charge in [-0.2, -0.15) is 5.10 Å². The molecular weight excluding hydrogens is 390 g/mol. The number of benzene rings is 2. The SMILES string of the molecule is COc1ccc(C2=NN3[C@H](C2)c2cccc(OC)c2OC32CCN(C(C)C)CC2)cc1. The second-order valence-corrected chi connectivity index (χ2v) is 8.90. The van der Waals surface area contributed by atoms with Crippen LogP contribution in [0.3, 0.4) is 0 Å². The van der Waals surface area contributed by atoms with Gasteiger partial charge in [0.1, 0.15) is 5.75 Å². The fourth-order valence-electron chi connectivity index (χ4n) is 5.11. The predicted octanol–water partition coefficient (Wildman–Crippen LogP) is 4.45. The maximum absolute atomic E-state index is 6.79. The van der Waals surface area contributed by atoms with Crippen molar-refractivity contribution < 1.29 is 14.2 Å². The number of hydrogen-bond acceptors (Lipinski definition) is 6. The van der Waals surface area contributed by atoms with E-state index in [1.54, 1.807) is 14.2 Å². The lowest BCUT2D eigenvalue weighted by atomic mass is 9.90. The number of fused-ring (bicyclic) bond motifs is 4. The molecule has 1 spiro atoms. The first-order valence-corrected chi connectivity index (χ1v) is 11.2. The number of ether oxygens (including phenoxy) is 3. The molecule has 3 aliphatic heterocycles. The molecule has 2 aromatic carbocycles. The standard InChI is InChI=1S/C25H31N3O3/c1-17(2)27-14-12-25(13-15-27)28-22(20-6-5-7-23(30-4)24(20)31-25)16-21(26-28)18-8-10-19(29-3)11-9-18/h5-11,17,22H,12-16H2,1-4H3/t22-/m1/s1. The van der Waals surface area contributed by atoms with Gasteiger partial charge < -0.3 is 19.1 Å². The van der Waals surface area contributed by atoms with Crippen LogP contribution < -0.4 is 14.2 Å². The lowest BCUT2D eigenvalue weighted by Gasteiger charge is -2.51. The van der Waals surface area contributed by atoms with Crippen molar-refractivity contribution in [2.24, 2.45) is 5.10 Å². The van der Waals surface area contributed by atoms with E-state index in [4.69, 9.17) is 19.3 Å². The monoisotopic (exact) mass is 421 g/mol. The molecule has 0 bridgehead atoms. The molecule has 0 aliphatic carbocycles. The maximum Gasteiger partial charge on any atom is 0.200 e. The minimum Gasteiger partial charge on any atom is -0.497 e. The third-order valence-corrected chi connectivity index (χ3v) is 6.94. The molecule has 5 rings (SSSR count). The number of para-hydroxylation sites is 1. The number of piperidine rings is 1. The van der Waals surface area contributed by atoms with E-state index in [1.807, 2.05) is 24.3 Å². The first-order chi connectivity index (χ1) is 15.0. The molecule has 3 aliphatic rings.